The van der Waals surface area contributed by atoms with Crippen molar-refractivity contribution < 1.29 is 13.9 Å². The number of thiophene rings is 1. The van der Waals surface area contributed by atoms with Gasteiger partial charge < -0.3 is 19.4 Å². The third kappa shape index (κ3) is 3.19. The zero-order valence-corrected chi connectivity index (χ0v) is 13.8. The number of ether oxygens (including phenoxy) is 1. The van der Waals surface area contributed by atoms with Gasteiger partial charge in [0.1, 0.15) is 0 Å². The van der Waals surface area contributed by atoms with Crippen LogP contribution in [-0.4, -0.2) is 46.7 Å². The van der Waals surface area contributed by atoms with E-state index in [1.807, 2.05) is 0 Å². The standard InChI is InChI=1S/C14H15ClN4O3S/c15-13-17-18-14(22-13)21-11-2-1-10(23-11)12(20)16-9-7-19-5-3-8(9)4-6-19/h1-2,8-9H,3-7H2,(H,16,20). The number of piperidine rings is 3. The zero-order chi connectivity index (χ0) is 15.8. The molecule has 2 aromatic rings. The van der Waals surface area contributed by atoms with E-state index in [-0.39, 0.29) is 23.4 Å². The van der Waals surface area contributed by atoms with Crippen LogP contribution in [0.4, 0.5) is 0 Å². The van der Waals surface area contributed by atoms with Gasteiger partial charge in [-0.2, -0.15) is 0 Å². The smallest absolute Gasteiger partial charge is 0.399 e. The molecule has 3 fully saturated rings. The van der Waals surface area contributed by atoms with Crippen molar-refractivity contribution in [2.75, 3.05) is 19.6 Å². The lowest BCUT2D eigenvalue weighted by molar-refractivity contribution is 0.0622. The molecular formula is C14H15ClN4O3S. The summed E-state index contributed by atoms with van der Waals surface area (Å²) in [6.07, 6.45) is 2.30. The van der Waals surface area contributed by atoms with Crippen LogP contribution in [0.15, 0.2) is 16.5 Å². The van der Waals surface area contributed by atoms with Gasteiger partial charge in [-0.3, -0.25) is 4.79 Å². The summed E-state index contributed by atoms with van der Waals surface area (Å²) in [7, 11) is 0. The highest BCUT2D eigenvalue weighted by molar-refractivity contribution is 7.15. The highest BCUT2D eigenvalue weighted by Gasteiger charge is 2.35. The molecular weight excluding hydrogens is 340 g/mol. The maximum absolute atomic E-state index is 12.4. The highest BCUT2D eigenvalue weighted by Crippen LogP contribution is 2.31. The van der Waals surface area contributed by atoms with Crippen molar-refractivity contribution in [1.29, 1.82) is 0 Å². The van der Waals surface area contributed by atoms with Gasteiger partial charge in [-0.1, -0.05) is 21.5 Å². The fourth-order valence-electron chi connectivity index (χ4n) is 3.19. The molecule has 0 aromatic carbocycles. The quantitative estimate of drug-likeness (QED) is 0.908. The molecule has 122 valence electrons. The van der Waals surface area contributed by atoms with Gasteiger partial charge in [0.25, 0.3) is 5.91 Å². The molecule has 23 heavy (non-hydrogen) atoms. The topological polar surface area (TPSA) is 80.5 Å². The van der Waals surface area contributed by atoms with Crippen LogP contribution in [0.3, 0.4) is 0 Å². The molecule has 2 bridgehead atoms. The van der Waals surface area contributed by atoms with Crippen molar-refractivity contribution in [3.8, 4) is 11.1 Å². The second-order valence-electron chi connectivity index (χ2n) is 5.76. The van der Waals surface area contributed by atoms with Gasteiger partial charge in [0.05, 0.1) is 4.88 Å². The van der Waals surface area contributed by atoms with Crippen molar-refractivity contribution in [2.24, 2.45) is 5.92 Å². The number of amides is 1. The first-order valence-corrected chi connectivity index (χ1v) is 8.67. The van der Waals surface area contributed by atoms with Crippen LogP contribution >= 0.6 is 22.9 Å². The van der Waals surface area contributed by atoms with Crippen LogP contribution in [0.1, 0.15) is 22.5 Å². The maximum Gasteiger partial charge on any atom is 0.422 e. The molecule has 0 spiro atoms. The van der Waals surface area contributed by atoms with Crippen molar-refractivity contribution in [2.45, 2.75) is 18.9 Å². The second-order valence-corrected chi connectivity index (χ2v) is 7.13. The SMILES string of the molecule is O=C(NC1CN2CCC1CC2)c1ccc(Oc2nnc(Cl)o2)s1. The van der Waals surface area contributed by atoms with Gasteiger partial charge in [0.15, 0.2) is 5.06 Å². The van der Waals surface area contributed by atoms with Crippen molar-refractivity contribution >= 4 is 28.8 Å². The number of nitrogens with one attached hydrogen (secondary N) is 1. The lowest BCUT2D eigenvalue weighted by Gasteiger charge is -2.44. The number of nitrogens with zero attached hydrogens (tertiary/aromatic N) is 3. The number of carbonyl (C=O) groups is 1. The lowest BCUT2D eigenvalue weighted by Crippen LogP contribution is -2.57. The normalized spacial score (nSPS) is 26.2. The maximum atomic E-state index is 12.4. The molecule has 1 atom stereocenters. The first-order chi connectivity index (χ1) is 11.2. The number of aromatic nitrogens is 2. The number of hydrogen-bond acceptors (Lipinski definition) is 7. The van der Waals surface area contributed by atoms with Crippen LogP contribution in [0.2, 0.25) is 5.35 Å². The van der Waals surface area contributed by atoms with E-state index in [0.717, 1.165) is 19.6 Å². The first kappa shape index (κ1) is 14.9. The Kier molecular flexibility index (Phi) is 3.96. The Bertz CT molecular complexity index is 710. The summed E-state index contributed by atoms with van der Waals surface area (Å²) in [5.74, 6) is 0.535. The molecule has 3 saturated heterocycles. The molecule has 3 aliphatic heterocycles. The van der Waals surface area contributed by atoms with Crippen molar-refractivity contribution in [3.63, 3.8) is 0 Å². The fourth-order valence-corrected chi connectivity index (χ4v) is 4.04. The largest absolute Gasteiger partial charge is 0.422 e. The summed E-state index contributed by atoms with van der Waals surface area (Å²) in [5.41, 5.74) is 0. The Hall–Kier alpha value is -1.64. The lowest BCUT2D eigenvalue weighted by atomic mass is 9.84. The van der Waals surface area contributed by atoms with E-state index in [0.29, 0.717) is 15.9 Å². The molecule has 5 heterocycles. The van der Waals surface area contributed by atoms with Gasteiger partial charge >= 0.3 is 11.4 Å². The molecule has 2 aromatic heterocycles. The molecule has 5 rings (SSSR count). The Balaban J connectivity index is 1.39. The summed E-state index contributed by atoms with van der Waals surface area (Å²) in [6, 6.07) is 3.68. The summed E-state index contributed by atoms with van der Waals surface area (Å²) >= 11 is 6.77. The van der Waals surface area contributed by atoms with E-state index in [9.17, 15) is 4.79 Å². The molecule has 0 radical (unpaired) electrons. The second kappa shape index (κ2) is 6.10. The van der Waals surface area contributed by atoms with Gasteiger partial charge in [0.2, 0.25) is 0 Å². The minimum atomic E-state index is -0.0862. The summed E-state index contributed by atoms with van der Waals surface area (Å²) in [6.45, 7) is 3.26. The Labute approximate surface area is 141 Å². The third-order valence-electron chi connectivity index (χ3n) is 4.35. The van der Waals surface area contributed by atoms with Gasteiger partial charge in [-0.05, 0) is 55.6 Å². The average Bonchev–Trinajstić information content (AvgIpc) is 3.18. The average molecular weight is 355 g/mol. The number of fused-ring (bicyclic) bond motifs is 3. The van der Waals surface area contributed by atoms with E-state index in [1.165, 1.54) is 24.2 Å². The Morgan fingerprint density at radius 2 is 2.22 bits per heavy atom. The van der Waals surface area contributed by atoms with Gasteiger partial charge in [-0.25, -0.2) is 0 Å². The predicted octanol–water partition coefficient (Wildman–Crippen LogP) is 2.40. The summed E-state index contributed by atoms with van der Waals surface area (Å²) in [4.78, 5) is 15.4. The monoisotopic (exact) mass is 354 g/mol. The van der Waals surface area contributed by atoms with Crippen LogP contribution in [0, 0.1) is 5.92 Å². The third-order valence-corrected chi connectivity index (χ3v) is 5.46. The molecule has 1 N–H and O–H groups in total. The Morgan fingerprint density at radius 1 is 1.39 bits per heavy atom. The zero-order valence-electron chi connectivity index (χ0n) is 12.2. The van der Waals surface area contributed by atoms with E-state index in [2.05, 4.69) is 20.4 Å². The van der Waals surface area contributed by atoms with E-state index < -0.39 is 0 Å². The molecule has 9 heteroatoms. The van der Waals surface area contributed by atoms with Crippen LogP contribution in [-0.2, 0) is 0 Å². The predicted molar refractivity (Wildman–Crippen MR) is 84.1 cm³/mol. The summed E-state index contributed by atoms with van der Waals surface area (Å²) in [5, 5.41) is 10.7. The van der Waals surface area contributed by atoms with Crippen LogP contribution < -0.4 is 10.1 Å². The molecule has 0 saturated carbocycles. The fraction of sp³-hybridized carbons (Fsp3) is 0.500. The van der Waals surface area contributed by atoms with Crippen LogP contribution in [0.5, 0.6) is 11.1 Å². The van der Waals surface area contributed by atoms with E-state index in [1.54, 1.807) is 12.1 Å². The number of rotatable bonds is 4. The number of halogens is 1. The van der Waals surface area contributed by atoms with Crippen molar-refractivity contribution in [3.05, 3.63) is 22.4 Å². The van der Waals surface area contributed by atoms with E-state index in [4.69, 9.17) is 20.8 Å². The molecule has 1 amide bonds. The molecule has 3 aliphatic rings. The van der Waals surface area contributed by atoms with Crippen molar-refractivity contribution in [1.82, 2.24) is 20.4 Å². The Morgan fingerprint density at radius 3 is 2.87 bits per heavy atom. The molecule has 7 nitrogen and oxygen atoms in total. The summed E-state index contributed by atoms with van der Waals surface area (Å²) < 4.78 is 10.3. The number of carbonyl (C=O) groups excluding carboxylic acids is 1. The van der Waals surface area contributed by atoms with Gasteiger partial charge in [0, 0.05) is 12.6 Å². The minimum absolute atomic E-state index is 0.0406. The van der Waals surface area contributed by atoms with Crippen LogP contribution in [0.25, 0.3) is 0 Å². The highest BCUT2D eigenvalue weighted by atomic mass is 35.5. The van der Waals surface area contributed by atoms with Gasteiger partial charge in [-0.15, -0.1) is 0 Å². The minimum Gasteiger partial charge on any atom is -0.399 e. The van der Waals surface area contributed by atoms with E-state index >= 15 is 0 Å². The number of hydrogen-bond donors (Lipinski definition) is 1. The molecule has 0 aliphatic carbocycles. The molecule has 1 unspecified atom stereocenters. The first-order valence-electron chi connectivity index (χ1n) is 7.47.